The van der Waals surface area contributed by atoms with Crippen LogP contribution in [0.15, 0.2) is 30.3 Å². The van der Waals surface area contributed by atoms with Crippen molar-refractivity contribution in [1.29, 1.82) is 0 Å². The molecular weight excluding hydrogens is 318 g/mol. The molecule has 4 nitrogen and oxygen atoms in total. The molecule has 126 valence electrons. The summed E-state index contributed by atoms with van der Waals surface area (Å²) in [6.45, 7) is 0.708. The second kappa shape index (κ2) is 7.59. The number of halogens is 2. The number of ether oxygens (including phenoxy) is 1. The van der Waals surface area contributed by atoms with E-state index < -0.39 is 18.4 Å². The highest BCUT2D eigenvalue weighted by Crippen LogP contribution is 2.34. The lowest BCUT2D eigenvalue weighted by Crippen LogP contribution is -2.06. The van der Waals surface area contributed by atoms with E-state index in [2.05, 4.69) is 0 Å². The second-order valence-corrected chi connectivity index (χ2v) is 5.03. The predicted octanol–water partition coefficient (Wildman–Crippen LogP) is 4.06. The van der Waals surface area contributed by atoms with Crippen LogP contribution in [0.4, 0.5) is 8.78 Å². The Balaban J connectivity index is 2.50. The number of phenols is 1. The lowest BCUT2D eigenvalue weighted by molar-refractivity contribution is 0.0693. The van der Waals surface area contributed by atoms with Crippen LogP contribution >= 0.6 is 0 Å². The number of benzene rings is 2. The Labute approximate surface area is 137 Å². The van der Waals surface area contributed by atoms with E-state index in [0.29, 0.717) is 11.1 Å². The monoisotopic (exact) mass is 334 g/mol. The SMILES string of the molecule is Cc1c(OCCF)cc(O)c(C(=O)O)c1C=Cc1ccc(F)cc1. The number of hydrogen-bond donors (Lipinski definition) is 2. The Kier molecular flexibility index (Phi) is 5.52. The molecule has 6 heteroatoms. The summed E-state index contributed by atoms with van der Waals surface area (Å²) < 4.78 is 30.4. The predicted molar refractivity (Wildman–Crippen MR) is 86.6 cm³/mol. The Morgan fingerprint density at radius 2 is 1.92 bits per heavy atom. The smallest absolute Gasteiger partial charge is 0.340 e. The van der Waals surface area contributed by atoms with Gasteiger partial charge < -0.3 is 14.9 Å². The molecule has 0 saturated heterocycles. The molecule has 2 rings (SSSR count). The molecule has 24 heavy (non-hydrogen) atoms. The Bertz CT molecular complexity index is 768. The van der Waals surface area contributed by atoms with Crippen LogP contribution < -0.4 is 4.74 Å². The molecule has 0 atom stereocenters. The van der Waals surface area contributed by atoms with E-state index in [0.717, 1.165) is 6.07 Å². The molecule has 2 aromatic rings. The number of carboxylic acid groups (broad SMARTS) is 1. The van der Waals surface area contributed by atoms with Gasteiger partial charge in [0.05, 0.1) is 0 Å². The largest absolute Gasteiger partial charge is 0.507 e. The molecule has 0 unspecified atom stereocenters. The van der Waals surface area contributed by atoms with Gasteiger partial charge in [0, 0.05) is 6.07 Å². The molecule has 0 aliphatic heterocycles. The van der Waals surface area contributed by atoms with Crippen molar-refractivity contribution in [1.82, 2.24) is 0 Å². The van der Waals surface area contributed by atoms with Crippen molar-refractivity contribution in [3.63, 3.8) is 0 Å². The zero-order valence-corrected chi connectivity index (χ0v) is 12.9. The molecule has 2 aromatic carbocycles. The lowest BCUT2D eigenvalue weighted by atomic mass is 9.98. The maximum Gasteiger partial charge on any atom is 0.340 e. The molecule has 0 spiro atoms. The van der Waals surface area contributed by atoms with Crippen molar-refractivity contribution in [2.75, 3.05) is 13.3 Å². The number of rotatable bonds is 6. The average Bonchev–Trinajstić information content (AvgIpc) is 2.54. The van der Waals surface area contributed by atoms with Crippen LogP contribution in [0.3, 0.4) is 0 Å². The second-order valence-electron chi connectivity index (χ2n) is 5.03. The molecule has 0 bridgehead atoms. The van der Waals surface area contributed by atoms with Gasteiger partial charge >= 0.3 is 5.97 Å². The van der Waals surface area contributed by atoms with Crippen molar-refractivity contribution in [2.24, 2.45) is 0 Å². The van der Waals surface area contributed by atoms with Gasteiger partial charge in [-0.1, -0.05) is 24.3 Å². The first-order chi connectivity index (χ1) is 11.4. The fourth-order valence-corrected chi connectivity index (χ4v) is 2.25. The molecule has 2 N–H and O–H groups in total. The zero-order chi connectivity index (χ0) is 17.7. The van der Waals surface area contributed by atoms with Crippen molar-refractivity contribution in [3.8, 4) is 11.5 Å². The third-order valence-corrected chi connectivity index (χ3v) is 3.43. The molecule has 0 aliphatic carbocycles. The number of hydrogen-bond acceptors (Lipinski definition) is 3. The molecule has 0 heterocycles. The summed E-state index contributed by atoms with van der Waals surface area (Å²) >= 11 is 0. The van der Waals surface area contributed by atoms with E-state index in [1.807, 2.05) is 0 Å². The number of carbonyl (C=O) groups is 1. The Morgan fingerprint density at radius 3 is 2.50 bits per heavy atom. The van der Waals surface area contributed by atoms with Crippen LogP contribution in [0.5, 0.6) is 11.5 Å². The minimum atomic E-state index is -1.30. The van der Waals surface area contributed by atoms with E-state index in [1.54, 1.807) is 13.0 Å². The van der Waals surface area contributed by atoms with Gasteiger partial charge in [0.2, 0.25) is 0 Å². The summed E-state index contributed by atoms with van der Waals surface area (Å²) in [5, 5.41) is 19.3. The topological polar surface area (TPSA) is 66.8 Å². The average molecular weight is 334 g/mol. The number of alkyl halides is 1. The third-order valence-electron chi connectivity index (χ3n) is 3.43. The van der Waals surface area contributed by atoms with Gasteiger partial charge in [-0.2, -0.15) is 0 Å². The van der Waals surface area contributed by atoms with E-state index in [9.17, 15) is 23.8 Å². The molecule has 0 aliphatic rings. The van der Waals surface area contributed by atoms with Crippen LogP contribution in [-0.4, -0.2) is 29.5 Å². The van der Waals surface area contributed by atoms with E-state index in [4.69, 9.17) is 4.74 Å². The number of carboxylic acids is 1. The maximum atomic E-state index is 12.9. The van der Waals surface area contributed by atoms with Gasteiger partial charge in [0.15, 0.2) is 0 Å². The Morgan fingerprint density at radius 1 is 1.25 bits per heavy atom. The van der Waals surface area contributed by atoms with Crippen molar-refractivity contribution < 1.29 is 28.5 Å². The summed E-state index contributed by atoms with van der Waals surface area (Å²) in [4.78, 5) is 11.4. The summed E-state index contributed by atoms with van der Waals surface area (Å²) in [7, 11) is 0. The summed E-state index contributed by atoms with van der Waals surface area (Å²) in [6, 6.07) is 6.78. The molecule has 0 fully saturated rings. The minimum absolute atomic E-state index is 0.201. The quantitative estimate of drug-likeness (QED) is 0.782. The lowest BCUT2D eigenvalue weighted by Gasteiger charge is -2.14. The van der Waals surface area contributed by atoms with E-state index in [-0.39, 0.29) is 29.3 Å². The van der Waals surface area contributed by atoms with Crippen LogP contribution in [0.2, 0.25) is 0 Å². The number of aromatic carboxylic acids is 1. The molecule has 0 radical (unpaired) electrons. The molecule has 0 amide bonds. The zero-order valence-electron chi connectivity index (χ0n) is 12.9. The minimum Gasteiger partial charge on any atom is -0.507 e. The maximum absolute atomic E-state index is 12.9. The van der Waals surface area contributed by atoms with Crippen LogP contribution in [0, 0.1) is 12.7 Å². The first-order valence-corrected chi connectivity index (χ1v) is 7.16. The van der Waals surface area contributed by atoms with Crippen molar-refractivity contribution >= 4 is 18.1 Å². The van der Waals surface area contributed by atoms with Gasteiger partial charge in [-0.25, -0.2) is 13.6 Å². The Hall–Kier alpha value is -2.89. The van der Waals surface area contributed by atoms with E-state index >= 15 is 0 Å². The molecule has 0 saturated carbocycles. The standard InChI is InChI=1S/C18H16F2O4/c1-11-14(7-4-12-2-5-13(20)6-3-12)17(18(22)23)15(21)10-16(11)24-9-8-19/h2-7,10,21H,8-9H2,1H3,(H,22,23). The third kappa shape index (κ3) is 3.90. The van der Waals surface area contributed by atoms with Gasteiger partial charge in [-0.05, 0) is 35.7 Å². The first kappa shape index (κ1) is 17.5. The fraction of sp³-hybridized carbons (Fsp3) is 0.167. The highest BCUT2D eigenvalue weighted by Gasteiger charge is 2.19. The van der Waals surface area contributed by atoms with Gasteiger partial charge in [-0.3, -0.25) is 0 Å². The van der Waals surface area contributed by atoms with Gasteiger partial charge in [0.25, 0.3) is 0 Å². The fourth-order valence-electron chi connectivity index (χ4n) is 2.25. The van der Waals surface area contributed by atoms with Crippen LogP contribution in [0.1, 0.15) is 27.0 Å². The van der Waals surface area contributed by atoms with Gasteiger partial charge in [0.1, 0.15) is 36.2 Å². The first-order valence-electron chi connectivity index (χ1n) is 7.16. The van der Waals surface area contributed by atoms with Gasteiger partial charge in [-0.15, -0.1) is 0 Å². The normalized spacial score (nSPS) is 11.0. The van der Waals surface area contributed by atoms with E-state index in [1.165, 1.54) is 30.3 Å². The summed E-state index contributed by atoms with van der Waals surface area (Å²) in [5.74, 6) is -1.95. The number of aromatic hydroxyl groups is 1. The van der Waals surface area contributed by atoms with Crippen LogP contribution in [0.25, 0.3) is 12.2 Å². The molecular formula is C18H16F2O4. The summed E-state index contributed by atoms with van der Waals surface area (Å²) in [5.41, 5.74) is 1.07. The van der Waals surface area contributed by atoms with Crippen molar-refractivity contribution in [2.45, 2.75) is 6.92 Å². The van der Waals surface area contributed by atoms with Crippen molar-refractivity contribution in [3.05, 3.63) is 58.4 Å². The van der Waals surface area contributed by atoms with Crippen LogP contribution in [-0.2, 0) is 0 Å². The highest BCUT2D eigenvalue weighted by atomic mass is 19.1. The highest BCUT2D eigenvalue weighted by molar-refractivity contribution is 5.97. The molecule has 0 aromatic heterocycles. The summed E-state index contributed by atoms with van der Waals surface area (Å²) in [6.07, 6.45) is 3.08.